The molecule has 0 spiro atoms. The van der Waals surface area contributed by atoms with E-state index in [0.717, 1.165) is 12.2 Å². The Bertz CT molecular complexity index is 584. The summed E-state index contributed by atoms with van der Waals surface area (Å²) < 4.78 is 26.9. The summed E-state index contributed by atoms with van der Waals surface area (Å²) in [6.45, 7) is 3.43. The van der Waals surface area contributed by atoms with Crippen LogP contribution in [0.1, 0.15) is 29.3 Å². The molecule has 0 aliphatic rings. The lowest BCUT2D eigenvalue weighted by Gasteiger charge is -2.14. The van der Waals surface area contributed by atoms with E-state index in [0.29, 0.717) is 5.56 Å². The number of rotatable bonds is 7. The highest BCUT2D eigenvalue weighted by Gasteiger charge is 2.19. The van der Waals surface area contributed by atoms with Crippen molar-refractivity contribution in [1.29, 1.82) is 0 Å². The molecule has 2 N–H and O–H groups in total. The van der Waals surface area contributed by atoms with E-state index < -0.39 is 16.0 Å². The van der Waals surface area contributed by atoms with E-state index in [1.165, 1.54) is 18.2 Å². The monoisotopic (exact) mass is 317 g/mol. The largest absolute Gasteiger partial charge is 0.478 e. The van der Waals surface area contributed by atoms with E-state index >= 15 is 0 Å². The molecule has 0 bridgehead atoms. The van der Waals surface area contributed by atoms with Crippen LogP contribution in [0.4, 0.5) is 0 Å². The van der Waals surface area contributed by atoms with E-state index in [4.69, 9.17) is 5.11 Å². The van der Waals surface area contributed by atoms with Crippen LogP contribution in [0, 0.1) is 6.92 Å². The van der Waals surface area contributed by atoms with Gasteiger partial charge in [0.1, 0.15) is 0 Å². The Kier molecular flexibility index (Phi) is 6.04. The third-order valence-electron chi connectivity index (χ3n) is 2.86. The highest BCUT2D eigenvalue weighted by atomic mass is 32.2. The molecule has 20 heavy (non-hydrogen) atoms. The third-order valence-corrected chi connectivity index (χ3v) is 5.09. The predicted octanol–water partition coefficient (Wildman–Crippen LogP) is 2.11. The van der Waals surface area contributed by atoms with E-state index in [-0.39, 0.29) is 16.5 Å². The highest BCUT2D eigenvalue weighted by molar-refractivity contribution is 7.98. The van der Waals surface area contributed by atoms with E-state index in [1.54, 1.807) is 25.6 Å². The Morgan fingerprint density at radius 1 is 1.45 bits per heavy atom. The van der Waals surface area contributed by atoms with Gasteiger partial charge in [-0.3, -0.25) is 0 Å². The van der Waals surface area contributed by atoms with Crippen molar-refractivity contribution < 1.29 is 18.3 Å². The smallest absolute Gasteiger partial charge is 0.335 e. The standard InChI is InChI=1S/C13H19NO4S2/c1-9-4-5-11(8-12(9)13(15)16)20(17,18)14-10(2)6-7-19-3/h4-5,8,10,14H,6-7H2,1-3H3,(H,15,16). The molecule has 0 heterocycles. The number of hydrogen-bond acceptors (Lipinski definition) is 4. The summed E-state index contributed by atoms with van der Waals surface area (Å²) >= 11 is 1.65. The van der Waals surface area contributed by atoms with Gasteiger partial charge < -0.3 is 5.11 Å². The van der Waals surface area contributed by atoms with Crippen molar-refractivity contribution in [3.8, 4) is 0 Å². The molecule has 7 heteroatoms. The molecule has 112 valence electrons. The maximum absolute atomic E-state index is 12.2. The number of benzene rings is 1. The molecule has 1 atom stereocenters. The molecule has 0 aliphatic carbocycles. The third kappa shape index (κ3) is 4.50. The van der Waals surface area contributed by atoms with Crippen molar-refractivity contribution in [3.63, 3.8) is 0 Å². The molecule has 0 aromatic heterocycles. The van der Waals surface area contributed by atoms with E-state index in [2.05, 4.69) is 4.72 Å². The topological polar surface area (TPSA) is 83.5 Å². The van der Waals surface area contributed by atoms with Gasteiger partial charge in [-0.25, -0.2) is 17.9 Å². The van der Waals surface area contributed by atoms with Gasteiger partial charge in [0.25, 0.3) is 0 Å². The lowest BCUT2D eigenvalue weighted by Crippen LogP contribution is -2.33. The van der Waals surface area contributed by atoms with Crippen LogP contribution in [0.25, 0.3) is 0 Å². The average Bonchev–Trinajstić information content (AvgIpc) is 2.35. The molecule has 0 aliphatic heterocycles. The number of sulfonamides is 1. The number of thioether (sulfide) groups is 1. The van der Waals surface area contributed by atoms with Gasteiger partial charge in [-0.05, 0) is 50.0 Å². The van der Waals surface area contributed by atoms with Crippen LogP contribution in [-0.2, 0) is 10.0 Å². The second-order valence-corrected chi connectivity index (χ2v) is 7.29. The van der Waals surface area contributed by atoms with Crippen LogP contribution < -0.4 is 4.72 Å². The van der Waals surface area contributed by atoms with Crippen molar-refractivity contribution in [2.75, 3.05) is 12.0 Å². The summed E-state index contributed by atoms with van der Waals surface area (Å²) in [6.07, 6.45) is 2.68. The number of nitrogens with one attached hydrogen (secondary N) is 1. The summed E-state index contributed by atoms with van der Waals surface area (Å²) in [6, 6.07) is 3.93. The summed E-state index contributed by atoms with van der Waals surface area (Å²) in [7, 11) is -3.69. The lowest BCUT2D eigenvalue weighted by molar-refractivity contribution is 0.0696. The molecule has 0 amide bonds. The first-order chi connectivity index (χ1) is 9.27. The number of carboxylic acid groups (broad SMARTS) is 1. The molecule has 0 saturated heterocycles. The molecular formula is C13H19NO4S2. The zero-order valence-corrected chi connectivity index (χ0v) is 13.3. The zero-order valence-electron chi connectivity index (χ0n) is 11.7. The zero-order chi connectivity index (χ0) is 15.3. The molecular weight excluding hydrogens is 298 g/mol. The van der Waals surface area contributed by atoms with Gasteiger partial charge in [-0.15, -0.1) is 0 Å². The van der Waals surface area contributed by atoms with Crippen LogP contribution >= 0.6 is 11.8 Å². The lowest BCUT2D eigenvalue weighted by atomic mass is 10.1. The Hall–Kier alpha value is -1.05. The van der Waals surface area contributed by atoms with Crippen molar-refractivity contribution >= 4 is 27.8 Å². The number of carboxylic acids is 1. The second kappa shape index (κ2) is 7.10. The first-order valence-electron chi connectivity index (χ1n) is 6.13. The number of hydrogen-bond donors (Lipinski definition) is 2. The molecule has 0 saturated carbocycles. The van der Waals surface area contributed by atoms with Crippen LogP contribution in [0.3, 0.4) is 0 Å². The molecule has 1 rings (SSSR count). The first kappa shape index (κ1) is 17.0. The maximum atomic E-state index is 12.2. The molecule has 1 unspecified atom stereocenters. The Morgan fingerprint density at radius 3 is 2.65 bits per heavy atom. The minimum atomic E-state index is -3.69. The molecule has 1 aromatic rings. The molecule has 1 aromatic carbocycles. The van der Waals surface area contributed by atoms with Crippen LogP contribution in [-0.4, -0.2) is 37.5 Å². The number of aromatic carboxylic acids is 1. The van der Waals surface area contributed by atoms with Crippen molar-refractivity contribution in [2.45, 2.75) is 31.2 Å². The summed E-state index contributed by atoms with van der Waals surface area (Å²) in [5, 5.41) is 9.04. The molecule has 0 fully saturated rings. The molecule has 0 radical (unpaired) electrons. The second-order valence-electron chi connectivity index (χ2n) is 4.59. The highest BCUT2D eigenvalue weighted by Crippen LogP contribution is 2.16. The fraction of sp³-hybridized carbons (Fsp3) is 0.462. The number of carbonyl (C=O) groups is 1. The fourth-order valence-corrected chi connectivity index (χ4v) is 3.58. The van der Waals surface area contributed by atoms with Crippen LogP contribution in [0.5, 0.6) is 0 Å². The fourth-order valence-electron chi connectivity index (χ4n) is 1.69. The minimum absolute atomic E-state index is 0.00430. The minimum Gasteiger partial charge on any atom is -0.478 e. The van der Waals surface area contributed by atoms with Crippen LogP contribution in [0.15, 0.2) is 23.1 Å². The quantitative estimate of drug-likeness (QED) is 0.805. The first-order valence-corrected chi connectivity index (χ1v) is 9.01. The van der Waals surface area contributed by atoms with Gasteiger partial charge >= 0.3 is 5.97 Å². The Labute approximate surface area is 123 Å². The van der Waals surface area contributed by atoms with Crippen molar-refractivity contribution in [3.05, 3.63) is 29.3 Å². The Balaban J connectivity index is 2.98. The summed E-state index contributed by atoms with van der Waals surface area (Å²) in [5.74, 6) is -0.271. The van der Waals surface area contributed by atoms with Gasteiger partial charge in [-0.1, -0.05) is 6.07 Å². The van der Waals surface area contributed by atoms with E-state index in [1.807, 2.05) is 6.26 Å². The van der Waals surface area contributed by atoms with Crippen LogP contribution in [0.2, 0.25) is 0 Å². The van der Waals surface area contributed by atoms with Crippen molar-refractivity contribution in [2.24, 2.45) is 0 Å². The number of aryl methyl sites for hydroxylation is 1. The van der Waals surface area contributed by atoms with Gasteiger partial charge in [0.2, 0.25) is 10.0 Å². The van der Waals surface area contributed by atoms with Gasteiger partial charge in [0.05, 0.1) is 10.5 Å². The Morgan fingerprint density at radius 2 is 2.10 bits per heavy atom. The van der Waals surface area contributed by atoms with Gasteiger partial charge in [-0.2, -0.15) is 11.8 Å². The summed E-state index contributed by atoms with van der Waals surface area (Å²) in [5.41, 5.74) is 0.538. The van der Waals surface area contributed by atoms with Gasteiger partial charge in [0.15, 0.2) is 0 Å². The molecule has 5 nitrogen and oxygen atoms in total. The SMILES string of the molecule is CSCCC(C)NS(=O)(=O)c1ccc(C)c(C(=O)O)c1. The normalized spacial score (nSPS) is 13.2. The van der Waals surface area contributed by atoms with Crippen molar-refractivity contribution in [1.82, 2.24) is 4.72 Å². The summed E-state index contributed by atoms with van der Waals surface area (Å²) in [4.78, 5) is 11.0. The van der Waals surface area contributed by atoms with E-state index in [9.17, 15) is 13.2 Å². The maximum Gasteiger partial charge on any atom is 0.335 e. The average molecular weight is 317 g/mol. The van der Waals surface area contributed by atoms with Gasteiger partial charge in [0, 0.05) is 6.04 Å². The predicted molar refractivity (Wildman–Crippen MR) is 80.9 cm³/mol.